The van der Waals surface area contributed by atoms with Crippen LogP contribution in [-0.2, 0) is 26.7 Å². The number of hydrogen-bond donors (Lipinski definition) is 1. The maximum absolute atomic E-state index is 12.8. The number of carbonyl (C=O) groups excluding carboxylic acids is 1. The molecule has 0 aliphatic carbocycles. The number of rotatable bonds is 14. The Hall–Kier alpha value is -0.139. The lowest BCUT2D eigenvalue weighted by Crippen LogP contribution is -2.63. The second-order valence-corrected chi connectivity index (χ2v) is 33.6. The topological polar surface area (TPSA) is 91.3 Å². The van der Waals surface area contributed by atoms with Crippen LogP contribution in [0.5, 0.6) is 0 Å². The largest absolute Gasteiger partial charge is 0.478 e. The van der Waals surface area contributed by atoms with Gasteiger partial charge in [-0.3, -0.25) is 0 Å². The zero-order valence-electron chi connectivity index (χ0n) is 22.3. The average Bonchev–Trinajstić information content (AvgIpc) is 2.58. The zero-order chi connectivity index (χ0) is 25.6. The lowest BCUT2D eigenvalue weighted by Gasteiger charge is -2.51. The van der Waals surface area contributed by atoms with Crippen LogP contribution in [0.1, 0.15) is 20.8 Å². The molecule has 0 radical (unpaired) electrons. The van der Waals surface area contributed by atoms with Gasteiger partial charge in [0.25, 0.3) is 0 Å². The molecule has 0 saturated heterocycles. The van der Waals surface area contributed by atoms with Crippen molar-refractivity contribution < 1.29 is 31.8 Å². The molecule has 0 rings (SSSR count). The molecule has 32 heavy (non-hydrogen) atoms. The molecule has 0 saturated carbocycles. The van der Waals surface area contributed by atoms with Crippen molar-refractivity contribution in [3.05, 3.63) is 12.2 Å². The molecular weight excluding hydrogens is 509 g/mol. The number of aliphatic carboxylic acids is 1. The Labute approximate surface area is 205 Å². The van der Waals surface area contributed by atoms with Crippen molar-refractivity contribution in [3.8, 4) is 0 Å². The van der Waals surface area contributed by atoms with E-state index in [1.165, 1.54) is 0 Å². The standard InChI is InChI=1S/C19H46O7Si6/c1-15(2)18(3,27-24-30(4,5)6)19(28-25-31(7,8)9,29-26-32(10,11)12)23-17(22)14-13-16(20)21/h13-15H,27-29H2,1-12H3,(H,20,21). The van der Waals surface area contributed by atoms with Gasteiger partial charge in [-0.25, -0.2) is 9.59 Å². The summed E-state index contributed by atoms with van der Waals surface area (Å²) in [4.78, 5) is 23.0. The van der Waals surface area contributed by atoms with E-state index in [-0.39, 0.29) is 11.0 Å². The molecule has 0 fully saturated rings. The quantitative estimate of drug-likeness (QED) is 0.200. The van der Waals surface area contributed by atoms with Crippen molar-refractivity contribution in [2.24, 2.45) is 5.92 Å². The molecule has 7 nitrogen and oxygen atoms in total. The fraction of sp³-hybridized carbons (Fsp3) is 0.789. The Morgan fingerprint density at radius 2 is 1.16 bits per heavy atom. The summed E-state index contributed by atoms with van der Waals surface area (Å²) in [6.45, 7) is 25.9. The van der Waals surface area contributed by atoms with Crippen LogP contribution in [0, 0.1) is 5.92 Å². The van der Waals surface area contributed by atoms with Crippen LogP contribution >= 0.6 is 0 Å². The fourth-order valence-electron chi connectivity index (χ4n) is 2.77. The summed E-state index contributed by atoms with van der Waals surface area (Å²) in [7, 11) is -9.45. The minimum Gasteiger partial charge on any atom is -0.478 e. The monoisotopic (exact) mass is 554 g/mol. The van der Waals surface area contributed by atoms with E-state index in [2.05, 4.69) is 79.7 Å². The normalized spacial score (nSPS) is 18.4. The van der Waals surface area contributed by atoms with Crippen LogP contribution < -0.4 is 0 Å². The van der Waals surface area contributed by atoms with E-state index < -0.39 is 71.0 Å². The van der Waals surface area contributed by atoms with Gasteiger partial charge in [0.15, 0.2) is 54.2 Å². The molecule has 0 heterocycles. The molecule has 1 atom stereocenters. The van der Waals surface area contributed by atoms with Crippen LogP contribution in [0.25, 0.3) is 0 Å². The third kappa shape index (κ3) is 11.8. The minimum absolute atomic E-state index is 0.192. The first-order chi connectivity index (χ1) is 14.1. The van der Waals surface area contributed by atoms with Gasteiger partial charge in [0.05, 0.1) is 0 Å². The SMILES string of the molecule is CC(C)C(C)([SiH2]O[Si](C)(C)C)C(OC(=O)C=CC(=O)O)([SiH2]O[Si](C)(C)C)[SiH2]O[Si](C)(C)C. The Balaban J connectivity index is 6.57. The highest BCUT2D eigenvalue weighted by Gasteiger charge is 2.56. The van der Waals surface area contributed by atoms with Crippen LogP contribution in [-0.4, -0.2) is 76.1 Å². The summed E-state index contributed by atoms with van der Waals surface area (Å²) in [5.41, 5.74) is 0. The van der Waals surface area contributed by atoms with Crippen molar-refractivity contribution in [1.82, 2.24) is 0 Å². The Kier molecular flexibility index (Phi) is 12.0. The third-order valence-corrected chi connectivity index (χ3v) is 24.5. The molecule has 0 spiro atoms. The summed E-state index contributed by atoms with van der Waals surface area (Å²) in [6.07, 6.45) is 1.84. The van der Waals surface area contributed by atoms with Crippen molar-refractivity contribution >= 4 is 66.2 Å². The number of carbonyl (C=O) groups is 2. The first-order valence-corrected chi connectivity index (χ1v) is 25.3. The first kappa shape index (κ1) is 31.9. The molecule has 0 aliphatic rings. The summed E-state index contributed by atoms with van der Waals surface area (Å²) in [6, 6.07) is 0. The maximum atomic E-state index is 12.8. The Morgan fingerprint density at radius 3 is 1.47 bits per heavy atom. The minimum atomic E-state index is -1.88. The number of ether oxygens (including phenoxy) is 1. The Morgan fingerprint density at radius 1 is 0.781 bits per heavy atom. The Bertz CT molecular complexity index is 647. The van der Waals surface area contributed by atoms with E-state index in [1.807, 2.05) is 0 Å². The molecule has 0 aliphatic heterocycles. The van der Waals surface area contributed by atoms with Crippen molar-refractivity contribution in [2.75, 3.05) is 0 Å². The summed E-state index contributed by atoms with van der Waals surface area (Å²) < 4.78 is 25.9. The van der Waals surface area contributed by atoms with Gasteiger partial charge in [-0.1, -0.05) is 20.8 Å². The smallest absolute Gasteiger partial charge is 0.331 e. The van der Waals surface area contributed by atoms with E-state index in [0.717, 1.165) is 12.2 Å². The molecule has 13 heteroatoms. The second-order valence-electron chi connectivity index (χ2n) is 11.9. The molecule has 0 bridgehead atoms. The highest BCUT2D eigenvalue weighted by atomic mass is 28.4. The molecule has 0 aromatic carbocycles. The zero-order valence-corrected chi connectivity index (χ0v) is 29.5. The van der Waals surface area contributed by atoms with Crippen LogP contribution in [0.15, 0.2) is 12.2 Å². The number of carboxylic acids is 1. The van der Waals surface area contributed by atoms with E-state index in [1.54, 1.807) is 0 Å². The van der Waals surface area contributed by atoms with Gasteiger partial charge in [-0.2, -0.15) is 0 Å². The van der Waals surface area contributed by atoms with Gasteiger partial charge in [-0.05, 0) is 64.8 Å². The highest BCUT2D eigenvalue weighted by Crippen LogP contribution is 2.48. The van der Waals surface area contributed by atoms with Crippen LogP contribution in [0.4, 0.5) is 0 Å². The van der Waals surface area contributed by atoms with Gasteiger partial charge in [0, 0.05) is 17.2 Å². The van der Waals surface area contributed by atoms with Gasteiger partial charge >= 0.3 is 11.9 Å². The van der Waals surface area contributed by atoms with Crippen molar-refractivity contribution in [2.45, 2.75) is 89.6 Å². The number of esters is 1. The maximum Gasteiger partial charge on any atom is 0.331 e. The van der Waals surface area contributed by atoms with Crippen LogP contribution in [0.2, 0.25) is 64.0 Å². The third-order valence-electron chi connectivity index (χ3n) is 5.25. The summed E-state index contributed by atoms with van der Waals surface area (Å²) in [5, 5.41) is 8.60. The predicted octanol–water partition coefficient (Wildman–Crippen LogP) is 2.46. The van der Waals surface area contributed by atoms with Gasteiger partial charge < -0.3 is 22.2 Å². The lowest BCUT2D eigenvalue weighted by molar-refractivity contribution is -0.145. The summed E-state index contributed by atoms with van der Waals surface area (Å²) >= 11 is 0. The highest BCUT2D eigenvalue weighted by molar-refractivity contribution is 6.80. The molecule has 188 valence electrons. The van der Waals surface area contributed by atoms with Gasteiger partial charge in [0.1, 0.15) is 4.85 Å². The predicted molar refractivity (Wildman–Crippen MR) is 148 cm³/mol. The van der Waals surface area contributed by atoms with Crippen LogP contribution in [0.3, 0.4) is 0 Å². The molecule has 0 aromatic heterocycles. The molecule has 0 aromatic rings. The second kappa shape index (κ2) is 12.0. The molecule has 1 unspecified atom stereocenters. The van der Waals surface area contributed by atoms with E-state index in [9.17, 15) is 9.59 Å². The number of hydrogen-bond acceptors (Lipinski definition) is 6. The fourth-order valence-corrected chi connectivity index (χ4v) is 17.0. The molecular formula is C19H46O7Si6. The van der Waals surface area contributed by atoms with E-state index in [4.69, 9.17) is 22.2 Å². The van der Waals surface area contributed by atoms with Crippen molar-refractivity contribution in [3.63, 3.8) is 0 Å². The first-order valence-electron chi connectivity index (χ1n) is 11.2. The van der Waals surface area contributed by atoms with E-state index in [0.29, 0.717) is 0 Å². The van der Waals surface area contributed by atoms with E-state index >= 15 is 0 Å². The van der Waals surface area contributed by atoms with Gasteiger partial charge in [-0.15, -0.1) is 0 Å². The number of carboxylic acid groups (broad SMARTS) is 1. The molecule has 0 amide bonds. The molecule has 1 N–H and O–H groups in total. The van der Waals surface area contributed by atoms with Crippen molar-refractivity contribution in [1.29, 1.82) is 0 Å². The summed E-state index contributed by atoms with van der Waals surface area (Å²) in [5.74, 6) is -1.63. The van der Waals surface area contributed by atoms with Gasteiger partial charge in [0.2, 0.25) is 0 Å². The lowest BCUT2D eigenvalue weighted by atomic mass is 9.96. The average molecular weight is 555 g/mol.